The molecule has 0 bridgehead atoms. The maximum Gasteiger partial charge on any atom is 0.153 e. The molecule has 1 aliphatic rings. The van der Waals surface area contributed by atoms with Crippen LogP contribution in [0.5, 0.6) is 0 Å². The number of nitrogens with zero attached hydrogens (tertiary/aromatic N) is 1. The van der Waals surface area contributed by atoms with Crippen LogP contribution in [0.4, 0.5) is 11.5 Å². The van der Waals surface area contributed by atoms with E-state index in [4.69, 9.17) is 11.5 Å². The molecule has 1 aliphatic heterocycles. The first-order valence-corrected chi connectivity index (χ1v) is 7.17. The highest BCUT2D eigenvalue weighted by atomic mass is 15.2. The molecular weight excluding hydrogens is 274 g/mol. The van der Waals surface area contributed by atoms with Gasteiger partial charge in [-0.15, -0.1) is 0 Å². The summed E-state index contributed by atoms with van der Waals surface area (Å²) in [4.78, 5) is 0. The minimum Gasteiger partial charge on any atom is -0.382 e. The quantitative estimate of drug-likeness (QED) is 0.554. The highest BCUT2D eigenvalue weighted by Crippen LogP contribution is 2.45. The lowest BCUT2D eigenvalue weighted by Crippen LogP contribution is -2.48. The molecule has 0 aliphatic carbocycles. The molecule has 3 aromatic rings. The van der Waals surface area contributed by atoms with Crippen LogP contribution in [-0.2, 0) is 5.66 Å². The Morgan fingerprint density at radius 1 is 1.09 bits per heavy atom. The number of nitrogens with two attached hydrogens (primary N) is 2. The summed E-state index contributed by atoms with van der Waals surface area (Å²) in [5.74, 6) is 0.418. The van der Waals surface area contributed by atoms with Gasteiger partial charge >= 0.3 is 0 Å². The molecule has 0 spiro atoms. The van der Waals surface area contributed by atoms with E-state index >= 15 is 0 Å². The number of fused-ring (bicyclic) bond motifs is 3. The fourth-order valence-corrected chi connectivity index (χ4v) is 3.14. The first-order chi connectivity index (χ1) is 10.6. The van der Waals surface area contributed by atoms with Crippen molar-refractivity contribution in [2.75, 3.05) is 11.1 Å². The van der Waals surface area contributed by atoms with E-state index in [1.165, 1.54) is 0 Å². The van der Waals surface area contributed by atoms with Crippen molar-refractivity contribution in [1.29, 1.82) is 0 Å². The van der Waals surface area contributed by atoms with Crippen molar-refractivity contribution in [2.45, 2.75) is 12.6 Å². The number of benzene rings is 2. The first-order valence-electron chi connectivity index (χ1n) is 7.17. The number of aryl methyl sites for hydroxylation is 1. The van der Waals surface area contributed by atoms with E-state index in [9.17, 15) is 0 Å². The fraction of sp³-hybridized carbons (Fsp3) is 0.118. The van der Waals surface area contributed by atoms with E-state index in [0.717, 1.165) is 33.6 Å². The van der Waals surface area contributed by atoms with Gasteiger partial charge in [0, 0.05) is 11.3 Å². The number of para-hydroxylation sites is 1. The molecule has 110 valence electrons. The van der Waals surface area contributed by atoms with E-state index < -0.39 is 5.66 Å². The van der Waals surface area contributed by atoms with E-state index in [0.29, 0.717) is 5.82 Å². The van der Waals surface area contributed by atoms with Crippen LogP contribution in [0.15, 0.2) is 48.5 Å². The van der Waals surface area contributed by atoms with Crippen LogP contribution in [0.1, 0.15) is 16.7 Å². The molecule has 0 amide bonds. The summed E-state index contributed by atoms with van der Waals surface area (Å²) < 4.78 is 0. The van der Waals surface area contributed by atoms with Gasteiger partial charge < -0.3 is 16.8 Å². The zero-order valence-electron chi connectivity index (χ0n) is 12.2. The van der Waals surface area contributed by atoms with E-state index in [2.05, 4.69) is 21.6 Å². The van der Waals surface area contributed by atoms with Crippen LogP contribution >= 0.6 is 0 Å². The highest BCUT2D eigenvalue weighted by Gasteiger charge is 2.40. The Morgan fingerprint density at radius 3 is 2.73 bits per heavy atom. The average molecular weight is 291 g/mol. The molecule has 6 N–H and O–H groups in total. The van der Waals surface area contributed by atoms with Crippen LogP contribution in [-0.4, -0.2) is 10.2 Å². The number of aromatic amines is 1. The minimum atomic E-state index is -0.910. The van der Waals surface area contributed by atoms with Gasteiger partial charge in [-0.25, -0.2) is 0 Å². The topological polar surface area (TPSA) is 92.7 Å². The third-order valence-electron chi connectivity index (χ3n) is 4.19. The van der Waals surface area contributed by atoms with E-state index in [-0.39, 0.29) is 0 Å². The van der Waals surface area contributed by atoms with Gasteiger partial charge in [0.2, 0.25) is 0 Å². The molecule has 2 heterocycles. The monoisotopic (exact) mass is 291 g/mol. The second-order valence-electron chi connectivity index (χ2n) is 5.71. The smallest absolute Gasteiger partial charge is 0.153 e. The number of hydrogen-bond acceptors (Lipinski definition) is 4. The molecular formula is C17H17N5. The minimum absolute atomic E-state index is 0.418. The number of H-pyrrole nitrogens is 1. The average Bonchev–Trinajstić information content (AvgIpc) is 2.91. The van der Waals surface area contributed by atoms with Gasteiger partial charge in [-0.2, -0.15) is 5.10 Å². The third kappa shape index (κ3) is 1.66. The van der Waals surface area contributed by atoms with Crippen molar-refractivity contribution in [3.63, 3.8) is 0 Å². The SMILES string of the molecule is Cc1cccc(C2(N)Nc3ccccc3-c3[nH]nc(N)c32)c1. The normalized spacial score (nSPS) is 19.2. The number of nitrogens with one attached hydrogen (secondary N) is 2. The van der Waals surface area contributed by atoms with Crippen molar-refractivity contribution in [3.8, 4) is 11.3 Å². The molecule has 0 radical (unpaired) electrons. The van der Waals surface area contributed by atoms with E-state index in [1.54, 1.807) is 0 Å². The molecule has 1 unspecified atom stereocenters. The molecule has 0 fully saturated rings. The van der Waals surface area contributed by atoms with Crippen molar-refractivity contribution in [2.24, 2.45) is 5.73 Å². The molecule has 5 nitrogen and oxygen atoms in total. The van der Waals surface area contributed by atoms with Gasteiger partial charge in [0.15, 0.2) is 5.82 Å². The highest BCUT2D eigenvalue weighted by molar-refractivity contribution is 5.86. The number of anilines is 2. The molecule has 0 saturated carbocycles. The Labute approximate surface area is 128 Å². The Kier molecular flexibility index (Phi) is 2.55. The third-order valence-corrected chi connectivity index (χ3v) is 4.19. The second-order valence-corrected chi connectivity index (χ2v) is 5.71. The summed E-state index contributed by atoms with van der Waals surface area (Å²) in [7, 11) is 0. The summed E-state index contributed by atoms with van der Waals surface area (Å²) in [6.07, 6.45) is 0. The summed E-state index contributed by atoms with van der Waals surface area (Å²) in [5.41, 5.74) is 17.7. The molecule has 22 heavy (non-hydrogen) atoms. The van der Waals surface area contributed by atoms with Crippen LogP contribution in [0.2, 0.25) is 0 Å². The standard InChI is InChI=1S/C17H17N5/c1-10-5-4-6-11(9-10)17(19)14-15(21-22-16(14)18)12-7-2-3-8-13(12)20-17/h2-9,20H,19H2,1H3,(H3,18,21,22). The Morgan fingerprint density at radius 2 is 1.91 bits per heavy atom. The van der Waals surface area contributed by atoms with Gasteiger partial charge in [0.05, 0.1) is 11.3 Å². The van der Waals surface area contributed by atoms with Crippen LogP contribution in [0.3, 0.4) is 0 Å². The summed E-state index contributed by atoms with van der Waals surface area (Å²) in [6, 6.07) is 16.1. The summed E-state index contributed by atoms with van der Waals surface area (Å²) >= 11 is 0. The zero-order chi connectivity index (χ0) is 15.3. The predicted octanol–water partition coefficient (Wildman–Crippen LogP) is 2.55. The van der Waals surface area contributed by atoms with Gasteiger partial charge in [0.1, 0.15) is 5.66 Å². The van der Waals surface area contributed by atoms with Crippen LogP contribution < -0.4 is 16.8 Å². The van der Waals surface area contributed by atoms with Crippen molar-refractivity contribution >= 4 is 11.5 Å². The maximum atomic E-state index is 6.77. The Balaban J connectivity index is 2.01. The fourth-order valence-electron chi connectivity index (χ4n) is 3.14. The lowest BCUT2D eigenvalue weighted by atomic mass is 9.85. The molecule has 5 heteroatoms. The van der Waals surface area contributed by atoms with Gasteiger partial charge in [0.25, 0.3) is 0 Å². The van der Waals surface area contributed by atoms with E-state index in [1.807, 2.05) is 49.4 Å². The Hall–Kier alpha value is -2.79. The maximum absolute atomic E-state index is 6.77. The first kappa shape index (κ1) is 12.9. The lowest BCUT2D eigenvalue weighted by Gasteiger charge is -2.37. The Bertz CT molecular complexity index is 867. The number of hydrogen-bond donors (Lipinski definition) is 4. The summed E-state index contributed by atoms with van der Waals surface area (Å²) in [5, 5.41) is 10.6. The molecule has 1 atom stereocenters. The molecule has 2 aromatic carbocycles. The predicted molar refractivity (Wildman–Crippen MR) is 88.2 cm³/mol. The van der Waals surface area contributed by atoms with Crippen LogP contribution in [0, 0.1) is 6.92 Å². The number of rotatable bonds is 1. The van der Waals surface area contributed by atoms with Crippen molar-refractivity contribution in [3.05, 3.63) is 65.2 Å². The van der Waals surface area contributed by atoms with Gasteiger partial charge in [-0.05, 0) is 18.6 Å². The van der Waals surface area contributed by atoms with Crippen molar-refractivity contribution < 1.29 is 0 Å². The molecule has 0 saturated heterocycles. The van der Waals surface area contributed by atoms with Gasteiger partial charge in [-0.3, -0.25) is 5.10 Å². The van der Waals surface area contributed by atoms with Crippen LogP contribution in [0.25, 0.3) is 11.3 Å². The van der Waals surface area contributed by atoms with Gasteiger partial charge in [-0.1, -0.05) is 48.0 Å². The number of aromatic nitrogens is 2. The lowest BCUT2D eigenvalue weighted by molar-refractivity contribution is 0.620. The molecule has 4 rings (SSSR count). The second kappa shape index (κ2) is 4.35. The number of nitrogen functional groups attached to an aromatic ring is 1. The molecule has 1 aromatic heterocycles. The summed E-state index contributed by atoms with van der Waals surface area (Å²) in [6.45, 7) is 2.04. The largest absolute Gasteiger partial charge is 0.382 e. The van der Waals surface area contributed by atoms with Crippen molar-refractivity contribution in [1.82, 2.24) is 10.2 Å². The zero-order valence-corrected chi connectivity index (χ0v) is 12.2.